The van der Waals surface area contributed by atoms with Crippen molar-refractivity contribution >= 4 is 16.9 Å². The third-order valence-corrected chi connectivity index (χ3v) is 4.60. The summed E-state index contributed by atoms with van der Waals surface area (Å²) in [4.78, 5) is 16.5. The molecule has 26 heavy (non-hydrogen) atoms. The number of rotatable bonds is 6. The Morgan fingerprint density at radius 2 is 1.85 bits per heavy atom. The van der Waals surface area contributed by atoms with Crippen molar-refractivity contribution in [2.24, 2.45) is 0 Å². The van der Waals surface area contributed by atoms with Gasteiger partial charge >= 0.3 is 0 Å². The number of imidazole rings is 1. The zero-order valence-electron chi connectivity index (χ0n) is 15.6. The fourth-order valence-corrected chi connectivity index (χ4v) is 3.12. The number of carbonyl (C=O) groups excluding carboxylic acids is 1. The quantitative estimate of drug-likeness (QED) is 0.664. The lowest BCUT2D eigenvalue weighted by molar-refractivity contribution is -0.117. The van der Waals surface area contributed by atoms with Gasteiger partial charge in [-0.2, -0.15) is 0 Å². The van der Waals surface area contributed by atoms with E-state index < -0.39 is 0 Å². The minimum absolute atomic E-state index is 0.197. The number of nitrogens with one attached hydrogen (secondary N) is 1. The SMILES string of the molecule is C=CC(=O)NC(C)c1nc2ccccc2n1Cc1ccc(C(C)C)cc1. The number of hydrogen-bond acceptors (Lipinski definition) is 2. The highest BCUT2D eigenvalue weighted by atomic mass is 16.1. The maximum atomic E-state index is 11.7. The van der Waals surface area contributed by atoms with E-state index in [1.807, 2.05) is 25.1 Å². The van der Waals surface area contributed by atoms with Gasteiger partial charge in [-0.15, -0.1) is 0 Å². The number of hydrogen-bond donors (Lipinski definition) is 1. The van der Waals surface area contributed by atoms with Gasteiger partial charge in [0.05, 0.1) is 17.1 Å². The maximum Gasteiger partial charge on any atom is 0.243 e. The molecule has 3 aromatic rings. The molecule has 1 aromatic heterocycles. The summed E-state index contributed by atoms with van der Waals surface area (Å²) in [5.74, 6) is 1.16. The van der Waals surface area contributed by atoms with Gasteiger partial charge in [0.25, 0.3) is 0 Å². The van der Waals surface area contributed by atoms with Gasteiger partial charge in [-0.25, -0.2) is 4.98 Å². The fraction of sp³-hybridized carbons (Fsp3) is 0.273. The van der Waals surface area contributed by atoms with Gasteiger partial charge in [0, 0.05) is 6.54 Å². The normalized spacial score (nSPS) is 12.3. The van der Waals surface area contributed by atoms with Gasteiger partial charge in [0.1, 0.15) is 5.82 Å². The first-order valence-electron chi connectivity index (χ1n) is 8.96. The van der Waals surface area contributed by atoms with Crippen LogP contribution in [0.3, 0.4) is 0 Å². The molecule has 0 saturated carbocycles. The van der Waals surface area contributed by atoms with Gasteiger partial charge < -0.3 is 9.88 Å². The van der Waals surface area contributed by atoms with E-state index in [1.165, 1.54) is 17.2 Å². The summed E-state index contributed by atoms with van der Waals surface area (Å²) in [7, 11) is 0. The lowest BCUT2D eigenvalue weighted by Crippen LogP contribution is -2.27. The Labute approximate surface area is 154 Å². The molecule has 0 aliphatic rings. The molecular weight excluding hydrogens is 322 g/mol. The zero-order chi connectivity index (χ0) is 18.7. The van der Waals surface area contributed by atoms with Crippen LogP contribution in [0.2, 0.25) is 0 Å². The molecule has 1 N–H and O–H groups in total. The van der Waals surface area contributed by atoms with Crippen molar-refractivity contribution < 1.29 is 4.79 Å². The van der Waals surface area contributed by atoms with E-state index in [-0.39, 0.29) is 11.9 Å². The second-order valence-electron chi connectivity index (χ2n) is 6.88. The molecule has 134 valence electrons. The van der Waals surface area contributed by atoms with Crippen LogP contribution >= 0.6 is 0 Å². The number of amides is 1. The van der Waals surface area contributed by atoms with Crippen molar-refractivity contribution in [3.8, 4) is 0 Å². The predicted molar refractivity (Wildman–Crippen MR) is 106 cm³/mol. The van der Waals surface area contributed by atoms with Crippen LogP contribution in [-0.4, -0.2) is 15.5 Å². The van der Waals surface area contributed by atoms with Gasteiger partial charge in [-0.3, -0.25) is 4.79 Å². The monoisotopic (exact) mass is 347 g/mol. The summed E-state index contributed by atoms with van der Waals surface area (Å²) in [5.41, 5.74) is 4.54. The van der Waals surface area contributed by atoms with E-state index in [2.05, 4.69) is 60.6 Å². The second kappa shape index (κ2) is 7.56. The van der Waals surface area contributed by atoms with E-state index in [0.717, 1.165) is 16.9 Å². The van der Waals surface area contributed by atoms with Crippen LogP contribution in [0.4, 0.5) is 0 Å². The molecule has 1 unspecified atom stereocenters. The molecule has 4 heteroatoms. The standard InChI is InChI=1S/C22H25N3O/c1-5-21(26)23-16(4)22-24-19-8-6-7-9-20(19)25(22)14-17-10-12-18(13-11-17)15(2)3/h5-13,15-16H,1,14H2,2-4H3,(H,23,26). The fourth-order valence-electron chi connectivity index (χ4n) is 3.12. The lowest BCUT2D eigenvalue weighted by atomic mass is 10.0. The highest BCUT2D eigenvalue weighted by Crippen LogP contribution is 2.23. The van der Waals surface area contributed by atoms with Gasteiger partial charge in [0.15, 0.2) is 0 Å². The maximum absolute atomic E-state index is 11.7. The van der Waals surface area contributed by atoms with Crippen LogP contribution in [0.15, 0.2) is 61.2 Å². The lowest BCUT2D eigenvalue weighted by Gasteiger charge is -2.16. The van der Waals surface area contributed by atoms with Crippen LogP contribution < -0.4 is 5.32 Å². The third-order valence-electron chi connectivity index (χ3n) is 4.60. The molecule has 0 aliphatic carbocycles. The number of para-hydroxylation sites is 2. The molecular formula is C22H25N3O. The molecule has 3 rings (SSSR count). The molecule has 4 nitrogen and oxygen atoms in total. The highest BCUT2D eigenvalue weighted by Gasteiger charge is 2.17. The number of carbonyl (C=O) groups is 1. The van der Waals surface area contributed by atoms with E-state index in [0.29, 0.717) is 12.5 Å². The molecule has 1 atom stereocenters. The van der Waals surface area contributed by atoms with E-state index in [4.69, 9.17) is 4.98 Å². The van der Waals surface area contributed by atoms with Crippen LogP contribution in [0.1, 0.15) is 49.7 Å². The van der Waals surface area contributed by atoms with Crippen molar-refractivity contribution in [2.45, 2.75) is 39.3 Å². The van der Waals surface area contributed by atoms with Crippen LogP contribution in [0.25, 0.3) is 11.0 Å². The van der Waals surface area contributed by atoms with Gasteiger partial charge in [0.2, 0.25) is 5.91 Å². The topological polar surface area (TPSA) is 46.9 Å². The summed E-state index contributed by atoms with van der Waals surface area (Å²) >= 11 is 0. The molecule has 0 spiro atoms. The zero-order valence-corrected chi connectivity index (χ0v) is 15.6. The summed E-state index contributed by atoms with van der Waals surface area (Å²) < 4.78 is 2.17. The van der Waals surface area contributed by atoms with E-state index in [1.54, 1.807) is 0 Å². The Morgan fingerprint density at radius 1 is 1.15 bits per heavy atom. The third kappa shape index (κ3) is 3.69. The van der Waals surface area contributed by atoms with Crippen molar-refractivity contribution in [3.63, 3.8) is 0 Å². The highest BCUT2D eigenvalue weighted by molar-refractivity contribution is 5.87. The minimum Gasteiger partial charge on any atom is -0.343 e. The Balaban J connectivity index is 1.98. The van der Waals surface area contributed by atoms with Gasteiger partial charge in [-0.1, -0.05) is 56.8 Å². The van der Waals surface area contributed by atoms with Crippen molar-refractivity contribution in [3.05, 3.63) is 78.1 Å². The van der Waals surface area contributed by atoms with E-state index >= 15 is 0 Å². The van der Waals surface area contributed by atoms with Crippen LogP contribution in [-0.2, 0) is 11.3 Å². The largest absolute Gasteiger partial charge is 0.343 e. The number of aromatic nitrogens is 2. The smallest absolute Gasteiger partial charge is 0.243 e. The van der Waals surface area contributed by atoms with Crippen molar-refractivity contribution in [1.82, 2.24) is 14.9 Å². The molecule has 0 saturated heterocycles. The molecule has 0 aliphatic heterocycles. The first-order chi connectivity index (χ1) is 12.5. The first-order valence-corrected chi connectivity index (χ1v) is 8.96. The Kier molecular flexibility index (Phi) is 5.21. The first kappa shape index (κ1) is 17.9. The number of benzene rings is 2. The minimum atomic E-state index is -0.206. The molecule has 2 aromatic carbocycles. The summed E-state index contributed by atoms with van der Waals surface area (Å²) in [6.45, 7) is 10.6. The predicted octanol–water partition coefficient (Wildman–Crippen LogP) is 4.57. The molecule has 1 amide bonds. The van der Waals surface area contributed by atoms with E-state index in [9.17, 15) is 4.79 Å². The summed E-state index contributed by atoms with van der Waals surface area (Å²) in [5, 5.41) is 2.92. The molecule has 0 radical (unpaired) electrons. The Hall–Kier alpha value is -2.88. The van der Waals surface area contributed by atoms with Crippen molar-refractivity contribution in [2.75, 3.05) is 0 Å². The molecule has 0 fully saturated rings. The Morgan fingerprint density at radius 3 is 2.50 bits per heavy atom. The Bertz CT molecular complexity index is 922. The summed E-state index contributed by atoms with van der Waals surface area (Å²) in [6.07, 6.45) is 1.29. The molecule has 0 bridgehead atoms. The van der Waals surface area contributed by atoms with Gasteiger partial charge in [-0.05, 0) is 42.2 Å². The number of nitrogens with zero attached hydrogens (tertiary/aromatic N) is 2. The average Bonchev–Trinajstić information content (AvgIpc) is 3.01. The summed E-state index contributed by atoms with van der Waals surface area (Å²) in [6, 6.07) is 16.6. The average molecular weight is 347 g/mol. The van der Waals surface area contributed by atoms with Crippen molar-refractivity contribution in [1.29, 1.82) is 0 Å². The van der Waals surface area contributed by atoms with Crippen LogP contribution in [0, 0.1) is 0 Å². The van der Waals surface area contributed by atoms with Crippen LogP contribution in [0.5, 0.6) is 0 Å². The second-order valence-corrected chi connectivity index (χ2v) is 6.88. The molecule has 1 heterocycles. The number of fused-ring (bicyclic) bond motifs is 1.